The van der Waals surface area contributed by atoms with E-state index in [1.165, 1.54) is 16.9 Å². The summed E-state index contributed by atoms with van der Waals surface area (Å²) in [5.41, 5.74) is 2.21. The van der Waals surface area contributed by atoms with E-state index < -0.39 is 0 Å². The van der Waals surface area contributed by atoms with Crippen LogP contribution in [0.4, 0.5) is 5.00 Å². The predicted molar refractivity (Wildman–Crippen MR) is 70.5 cm³/mol. The molecular formula is C11H12N2O2S2. The lowest BCUT2D eigenvalue weighted by Gasteiger charge is -2.11. The summed E-state index contributed by atoms with van der Waals surface area (Å²) in [7, 11) is 0. The number of nitrogens with zero attached hydrogens (tertiary/aromatic N) is 1. The van der Waals surface area contributed by atoms with Crippen molar-refractivity contribution >= 4 is 27.7 Å². The van der Waals surface area contributed by atoms with E-state index in [0.29, 0.717) is 6.54 Å². The third-order valence-corrected chi connectivity index (χ3v) is 4.11. The highest BCUT2D eigenvalue weighted by molar-refractivity contribution is 7.13. The van der Waals surface area contributed by atoms with Crippen LogP contribution in [0, 0.1) is 10.1 Å². The van der Waals surface area contributed by atoms with Crippen LogP contribution >= 0.6 is 22.7 Å². The van der Waals surface area contributed by atoms with Crippen molar-refractivity contribution in [2.24, 2.45) is 0 Å². The summed E-state index contributed by atoms with van der Waals surface area (Å²) in [6.45, 7) is 2.74. The van der Waals surface area contributed by atoms with Crippen molar-refractivity contribution in [1.29, 1.82) is 0 Å². The van der Waals surface area contributed by atoms with Gasteiger partial charge in [-0.05, 0) is 34.9 Å². The molecule has 0 fully saturated rings. The molecule has 0 amide bonds. The van der Waals surface area contributed by atoms with Gasteiger partial charge >= 0.3 is 5.00 Å². The largest absolute Gasteiger partial charge is 0.324 e. The molecule has 1 atom stereocenters. The summed E-state index contributed by atoms with van der Waals surface area (Å²) < 4.78 is 0. The lowest BCUT2D eigenvalue weighted by molar-refractivity contribution is -0.380. The summed E-state index contributed by atoms with van der Waals surface area (Å²) in [6, 6.07) is 3.97. The molecule has 0 bridgehead atoms. The summed E-state index contributed by atoms with van der Waals surface area (Å²) in [5.74, 6) is 0. The molecular weight excluding hydrogens is 256 g/mol. The first-order valence-corrected chi connectivity index (χ1v) is 6.96. The molecule has 0 aliphatic heterocycles. The van der Waals surface area contributed by atoms with Gasteiger partial charge in [-0.15, -0.1) is 0 Å². The Bertz CT molecular complexity index is 493. The van der Waals surface area contributed by atoms with E-state index in [1.807, 2.05) is 10.8 Å². The molecule has 2 aromatic heterocycles. The molecule has 2 aromatic rings. The van der Waals surface area contributed by atoms with Gasteiger partial charge in [-0.1, -0.05) is 11.3 Å². The highest BCUT2D eigenvalue weighted by Crippen LogP contribution is 2.23. The van der Waals surface area contributed by atoms with Crippen molar-refractivity contribution in [3.8, 4) is 0 Å². The van der Waals surface area contributed by atoms with Gasteiger partial charge in [0.05, 0.1) is 4.92 Å². The van der Waals surface area contributed by atoms with Crippen molar-refractivity contribution in [2.75, 3.05) is 0 Å². The van der Waals surface area contributed by atoms with E-state index in [0.717, 1.165) is 5.56 Å². The van der Waals surface area contributed by atoms with Gasteiger partial charge < -0.3 is 5.32 Å². The molecule has 2 rings (SSSR count). The van der Waals surface area contributed by atoms with Crippen LogP contribution in [0.1, 0.15) is 24.1 Å². The minimum Gasteiger partial charge on any atom is -0.306 e. The Labute approximate surface area is 107 Å². The van der Waals surface area contributed by atoms with Gasteiger partial charge in [0.2, 0.25) is 0 Å². The van der Waals surface area contributed by atoms with Crippen molar-refractivity contribution < 1.29 is 4.92 Å². The van der Waals surface area contributed by atoms with Gasteiger partial charge in [0, 0.05) is 24.0 Å². The summed E-state index contributed by atoms with van der Waals surface area (Å²) in [5, 5.41) is 20.1. The monoisotopic (exact) mass is 268 g/mol. The zero-order valence-corrected chi connectivity index (χ0v) is 10.9. The first-order valence-electron chi connectivity index (χ1n) is 5.14. The van der Waals surface area contributed by atoms with Crippen LogP contribution < -0.4 is 5.32 Å². The zero-order chi connectivity index (χ0) is 12.3. The van der Waals surface area contributed by atoms with Crippen LogP contribution in [-0.2, 0) is 6.54 Å². The summed E-state index contributed by atoms with van der Waals surface area (Å²) in [4.78, 5) is 10.2. The Balaban J connectivity index is 1.91. The highest BCUT2D eigenvalue weighted by Gasteiger charge is 2.10. The molecule has 0 radical (unpaired) electrons. The van der Waals surface area contributed by atoms with E-state index in [1.54, 1.807) is 17.4 Å². The van der Waals surface area contributed by atoms with Crippen molar-refractivity contribution in [3.05, 3.63) is 49.5 Å². The highest BCUT2D eigenvalue weighted by atomic mass is 32.1. The Morgan fingerprint density at radius 1 is 1.53 bits per heavy atom. The molecule has 17 heavy (non-hydrogen) atoms. The topological polar surface area (TPSA) is 55.2 Å². The predicted octanol–water partition coefficient (Wildman–Crippen LogP) is 3.57. The molecule has 2 heterocycles. The first kappa shape index (κ1) is 12.2. The number of nitrogens with one attached hydrogen (secondary N) is 1. The quantitative estimate of drug-likeness (QED) is 0.666. The lowest BCUT2D eigenvalue weighted by Crippen LogP contribution is -2.17. The Hall–Kier alpha value is -1.24. The van der Waals surface area contributed by atoms with Crippen LogP contribution in [0.3, 0.4) is 0 Å². The number of rotatable bonds is 5. The molecule has 0 aromatic carbocycles. The smallest absolute Gasteiger partial charge is 0.306 e. The van der Waals surface area contributed by atoms with Crippen molar-refractivity contribution in [1.82, 2.24) is 5.32 Å². The van der Waals surface area contributed by atoms with E-state index >= 15 is 0 Å². The van der Waals surface area contributed by atoms with Crippen molar-refractivity contribution in [2.45, 2.75) is 19.5 Å². The van der Waals surface area contributed by atoms with Crippen LogP contribution in [0.5, 0.6) is 0 Å². The third-order valence-electron chi connectivity index (χ3n) is 2.48. The Morgan fingerprint density at radius 3 is 2.94 bits per heavy atom. The molecule has 0 spiro atoms. The molecule has 4 nitrogen and oxygen atoms in total. The fraction of sp³-hybridized carbons (Fsp3) is 0.273. The second-order valence-electron chi connectivity index (χ2n) is 3.71. The van der Waals surface area contributed by atoms with Gasteiger partial charge in [-0.2, -0.15) is 11.3 Å². The van der Waals surface area contributed by atoms with Gasteiger partial charge in [0.15, 0.2) is 0 Å². The van der Waals surface area contributed by atoms with Crippen LogP contribution in [0.2, 0.25) is 0 Å². The molecule has 0 saturated heterocycles. The maximum Gasteiger partial charge on any atom is 0.324 e. The zero-order valence-electron chi connectivity index (χ0n) is 9.25. The summed E-state index contributed by atoms with van der Waals surface area (Å²) in [6.07, 6.45) is 0. The minimum atomic E-state index is -0.351. The molecule has 0 aliphatic carbocycles. The number of hydrogen-bond acceptors (Lipinski definition) is 5. The van der Waals surface area contributed by atoms with Crippen LogP contribution in [0.15, 0.2) is 28.3 Å². The Kier molecular flexibility index (Phi) is 3.88. The Morgan fingerprint density at radius 2 is 2.35 bits per heavy atom. The maximum atomic E-state index is 10.5. The molecule has 90 valence electrons. The molecule has 0 saturated carbocycles. The maximum absolute atomic E-state index is 10.5. The minimum absolute atomic E-state index is 0.199. The standard InChI is InChI=1S/C11H12N2O2S2/c1-8(10-2-3-16-7-10)12-5-9-4-11(13(14)15)17-6-9/h2-4,6-8,12H,5H2,1H3. The van der Waals surface area contributed by atoms with Crippen molar-refractivity contribution in [3.63, 3.8) is 0 Å². The molecule has 1 unspecified atom stereocenters. The van der Waals surface area contributed by atoms with Crippen LogP contribution in [-0.4, -0.2) is 4.92 Å². The normalized spacial score (nSPS) is 12.5. The average Bonchev–Trinajstić information content (AvgIpc) is 2.97. The first-order chi connectivity index (χ1) is 8.16. The number of nitro groups is 1. The van der Waals surface area contributed by atoms with E-state index in [4.69, 9.17) is 0 Å². The molecule has 0 aliphatic rings. The number of thiophene rings is 2. The average molecular weight is 268 g/mol. The summed E-state index contributed by atoms with van der Waals surface area (Å²) >= 11 is 2.84. The second kappa shape index (κ2) is 5.39. The molecule has 1 N–H and O–H groups in total. The third kappa shape index (κ3) is 3.12. The fourth-order valence-corrected chi connectivity index (χ4v) is 2.94. The van der Waals surface area contributed by atoms with E-state index in [-0.39, 0.29) is 16.0 Å². The van der Waals surface area contributed by atoms with Gasteiger partial charge in [0.25, 0.3) is 0 Å². The van der Waals surface area contributed by atoms with E-state index in [2.05, 4.69) is 23.7 Å². The van der Waals surface area contributed by atoms with Gasteiger partial charge in [0.1, 0.15) is 0 Å². The van der Waals surface area contributed by atoms with E-state index in [9.17, 15) is 10.1 Å². The lowest BCUT2D eigenvalue weighted by atomic mass is 10.2. The fourth-order valence-electron chi connectivity index (χ4n) is 1.46. The molecule has 6 heteroatoms. The van der Waals surface area contributed by atoms with Crippen LogP contribution in [0.25, 0.3) is 0 Å². The number of hydrogen-bond donors (Lipinski definition) is 1. The van der Waals surface area contributed by atoms with Gasteiger partial charge in [-0.25, -0.2) is 0 Å². The SMILES string of the molecule is CC(NCc1csc([N+](=O)[O-])c1)c1ccsc1. The second-order valence-corrected chi connectivity index (χ2v) is 5.38. The van der Waals surface area contributed by atoms with Gasteiger partial charge in [-0.3, -0.25) is 10.1 Å².